The zero-order chi connectivity index (χ0) is 18.4. The summed E-state index contributed by atoms with van der Waals surface area (Å²) >= 11 is 0. The van der Waals surface area contributed by atoms with Gasteiger partial charge < -0.3 is 23.6 Å². The maximum Gasteiger partial charge on any atom is 0.347 e. The largest absolute Gasteiger partial charge is 0.454 e. The van der Waals surface area contributed by atoms with Crippen LogP contribution in [0.3, 0.4) is 0 Å². The van der Waals surface area contributed by atoms with Crippen molar-refractivity contribution in [1.82, 2.24) is 10.1 Å². The molecule has 2 aromatic rings. The number of aromatic nitrogens is 2. The molecular formula is C17H19N3O6. The maximum atomic E-state index is 11.7. The number of fused-ring (bicyclic) bond motifs is 1. The van der Waals surface area contributed by atoms with Crippen molar-refractivity contribution in [2.45, 2.75) is 33.3 Å². The molecule has 0 aliphatic carbocycles. The van der Waals surface area contributed by atoms with Gasteiger partial charge in [0, 0.05) is 12.0 Å². The number of carbonyl (C=O) groups excluding carboxylic acids is 1. The van der Waals surface area contributed by atoms with Crippen LogP contribution in [0.15, 0.2) is 27.9 Å². The lowest BCUT2D eigenvalue weighted by atomic mass is 10.1. The first-order valence-electron chi connectivity index (χ1n) is 8.19. The van der Waals surface area contributed by atoms with Gasteiger partial charge in [-0.1, -0.05) is 17.2 Å². The highest BCUT2D eigenvalue weighted by Gasteiger charge is 2.14. The van der Waals surface area contributed by atoms with Crippen LogP contribution in [0, 0.1) is 0 Å². The van der Waals surface area contributed by atoms with Crippen LogP contribution in [0.5, 0.6) is 11.5 Å². The number of hydrogen-bond acceptors (Lipinski definition) is 9. The Morgan fingerprint density at radius 3 is 3.00 bits per heavy atom. The highest BCUT2D eigenvalue weighted by atomic mass is 16.7. The summed E-state index contributed by atoms with van der Waals surface area (Å²) in [5.74, 6) is 1.61. The third-order valence-electron chi connectivity index (χ3n) is 3.51. The normalized spacial score (nSPS) is 12.9. The summed E-state index contributed by atoms with van der Waals surface area (Å²) in [6, 6.07) is 5.42. The zero-order valence-corrected chi connectivity index (χ0v) is 14.6. The van der Waals surface area contributed by atoms with Crippen molar-refractivity contribution in [2.75, 3.05) is 13.4 Å². The number of aryl methyl sites for hydroxylation is 1. The van der Waals surface area contributed by atoms with E-state index < -0.39 is 5.97 Å². The van der Waals surface area contributed by atoms with Gasteiger partial charge in [-0.05, 0) is 31.5 Å². The number of esters is 1. The topological polar surface area (TPSA) is 105 Å². The number of oxime groups is 1. The molecule has 1 aliphatic rings. The van der Waals surface area contributed by atoms with Crippen LogP contribution >= 0.6 is 0 Å². The number of rotatable bonds is 8. The predicted octanol–water partition coefficient (Wildman–Crippen LogP) is 2.23. The Hall–Kier alpha value is -3.10. The van der Waals surface area contributed by atoms with Crippen LogP contribution in [-0.4, -0.2) is 35.2 Å². The minimum absolute atomic E-state index is 0.0935. The van der Waals surface area contributed by atoms with Crippen LogP contribution in [0.25, 0.3) is 0 Å². The predicted molar refractivity (Wildman–Crippen MR) is 88.8 cm³/mol. The molecule has 0 radical (unpaired) electrons. The van der Waals surface area contributed by atoms with Gasteiger partial charge in [0.15, 0.2) is 23.9 Å². The Balaban J connectivity index is 1.44. The van der Waals surface area contributed by atoms with E-state index in [0.29, 0.717) is 29.5 Å². The fourth-order valence-corrected chi connectivity index (χ4v) is 2.21. The van der Waals surface area contributed by atoms with Crippen LogP contribution in [0.2, 0.25) is 0 Å². The number of hydrogen-bond donors (Lipinski definition) is 0. The molecule has 1 aliphatic heterocycles. The minimum atomic E-state index is -0.581. The van der Waals surface area contributed by atoms with E-state index in [2.05, 4.69) is 15.3 Å². The van der Waals surface area contributed by atoms with E-state index in [1.54, 1.807) is 19.1 Å². The van der Waals surface area contributed by atoms with E-state index in [1.165, 1.54) is 0 Å². The second-order valence-electron chi connectivity index (χ2n) is 5.53. The average Bonchev–Trinajstić information content (AvgIpc) is 3.28. The summed E-state index contributed by atoms with van der Waals surface area (Å²) in [5.41, 5.74) is 1.40. The first-order chi connectivity index (χ1) is 12.7. The Kier molecular flexibility index (Phi) is 5.67. The van der Waals surface area contributed by atoms with Crippen molar-refractivity contribution in [3.05, 3.63) is 35.5 Å². The third kappa shape index (κ3) is 4.50. The van der Waals surface area contributed by atoms with Crippen molar-refractivity contribution in [3.8, 4) is 11.5 Å². The molecule has 0 saturated carbocycles. The highest BCUT2D eigenvalue weighted by molar-refractivity contribution is 5.99. The molecule has 0 atom stereocenters. The number of nitrogens with zero attached hydrogens (tertiary/aromatic N) is 3. The van der Waals surface area contributed by atoms with Gasteiger partial charge in [-0.2, -0.15) is 4.98 Å². The van der Waals surface area contributed by atoms with E-state index in [9.17, 15) is 4.79 Å². The molecule has 0 unspecified atom stereocenters. The Bertz CT molecular complexity index is 802. The molecule has 0 N–H and O–H groups in total. The second-order valence-corrected chi connectivity index (χ2v) is 5.53. The molecule has 0 saturated heterocycles. The van der Waals surface area contributed by atoms with E-state index >= 15 is 0 Å². The summed E-state index contributed by atoms with van der Waals surface area (Å²) in [7, 11) is 0. The molecule has 1 aromatic carbocycles. The van der Waals surface area contributed by atoms with E-state index in [0.717, 1.165) is 12.0 Å². The molecule has 3 rings (SSSR count). The molecule has 0 amide bonds. The summed E-state index contributed by atoms with van der Waals surface area (Å²) in [6.07, 6.45) is 1.63. The molecule has 0 bridgehead atoms. The molecule has 9 heteroatoms. The minimum Gasteiger partial charge on any atom is -0.454 e. The summed E-state index contributed by atoms with van der Waals surface area (Å²) in [5, 5.41) is 7.69. The van der Waals surface area contributed by atoms with E-state index in [-0.39, 0.29) is 25.9 Å². The lowest BCUT2D eigenvalue weighted by molar-refractivity contribution is -0.151. The third-order valence-corrected chi connectivity index (χ3v) is 3.51. The lowest BCUT2D eigenvalue weighted by Crippen LogP contribution is -2.11. The summed E-state index contributed by atoms with van der Waals surface area (Å²) in [4.78, 5) is 20.8. The number of carbonyl (C=O) groups is 1. The van der Waals surface area contributed by atoms with Crippen LogP contribution in [-0.2, 0) is 27.4 Å². The number of ether oxygens (including phenoxy) is 3. The monoisotopic (exact) mass is 361 g/mol. The van der Waals surface area contributed by atoms with Gasteiger partial charge in [-0.15, -0.1) is 0 Å². The first-order valence-corrected chi connectivity index (χ1v) is 8.19. The molecular weight excluding hydrogens is 342 g/mol. The van der Waals surface area contributed by atoms with Crippen molar-refractivity contribution >= 4 is 11.7 Å². The molecule has 2 heterocycles. The van der Waals surface area contributed by atoms with Gasteiger partial charge in [-0.25, -0.2) is 4.79 Å². The first kappa shape index (κ1) is 17.7. The van der Waals surface area contributed by atoms with Crippen molar-refractivity contribution in [2.24, 2.45) is 5.16 Å². The van der Waals surface area contributed by atoms with Crippen LogP contribution in [0.4, 0.5) is 0 Å². The van der Waals surface area contributed by atoms with Gasteiger partial charge in [0.1, 0.15) is 0 Å². The Labute approximate surface area is 149 Å². The van der Waals surface area contributed by atoms with Gasteiger partial charge in [-0.3, -0.25) is 0 Å². The molecule has 26 heavy (non-hydrogen) atoms. The Morgan fingerprint density at radius 2 is 2.15 bits per heavy atom. The van der Waals surface area contributed by atoms with Gasteiger partial charge in [0.05, 0.1) is 5.71 Å². The summed E-state index contributed by atoms with van der Waals surface area (Å²) < 4.78 is 20.5. The quantitative estimate of drug-likeness (QED) is 0.400. The smallest absolute Gasteiger partial charge is 0.347 e. The van der Waals surface area contributed by atoms with Gasteiger partial charge >= 0.3 is 5.97 Å². The maximum absolute atomic E-state index is 11.7. The molecule has 0 spiro atoms. The zero-order valence-electron chi connectivity index (χ0n) is 14.6. The fraction of sp³-hybridized carbons (Fsp3) is 0.412. The van der Waals surface area contributed by atoms with Crippen molar-refractivity contribution in [1.29, 1.82) is 0 Å². The standard InChI is InChI=1S/C17H19N3O6/c1-3-4-15-18-16(26-20-15)8-22-17(21)9-25-19-11(2)12-5-6-13-14(7-12)24-10-23-13/h5-7H,3-4,8-10H2,1-2H3/b19-11-. The fourth-order valence-electron chi connectivity index (χ4n) is 2.21. The van der Waals surface area contributed by atoms with E-state index in [1.807, 2.05) is 13.0 Å². The molecule has 138 valence electrons. The van der Waals surface area contributed by atoms with Crippen LogP contribution < -0.4 is 9.47 Å². The van der Waals surface area contributed by atoms with Crippen molar-refractivity contribution < 1.29 is 28.4 Å². The van der Waals surface area contributed by atoms with Crippen LogP contribution in [0.1, 0.15) is 37.5 Å². The molecule has 0 fully saturated rings. The second kappa shape index (κ2) is 8.32. The SMILES string of the molecule is CCCc1noc(COC(=O)CO/N=C(/C)c2ccc3c(c2)OCO3)n1. The lowest BCUT2D eigenvalue weighted by Gasteiger charge is -2.04. The highest BCUT2D eigenvalue weighted by Crippen LogP contribution is 2.32. The average molecular weight is 361 g/mol. The molecule has 9 nitrogen and oxygen atoms in total. The number of benzene rings is 1. The summed E-state index contributed by atoms with van der Waals surface area (Å²) in [6.45, 7) is 3.56. The van der Waals surface area contributed by atoms with Gasteiger partial charge in [0.2, 0.25) is 13.4 Å². The molecule has 1 aromatic heterocycles. The van der Waals surface area contributed by atoms with E-state index in [4.69, 9.17) is 23.6 Å². The van der Waals surface area contributed by atoms with Crippen molar-refractivity contribution in [3.63, 3.8) is 0 Å². The van der Waals surface area contributed by atoms with Gasteiger partial charge in [0.25, 0.3) is 5.89 Å². The Morgan fingerprint density at radius 1 is 1.31 bits per heavy atom.